The minimum atomic E-state index is -2.29. The zero-order valence-electron chi connectivity index (χ0n) is 9.51. The number of hydrogen-bond donors (Lipinski definition) is 0. The summed E-state index contributed by atoms with van der Waals surface area (Å²) in [6, 6.07) is 0. The second-order valence-corrected chi connectivity index (χ2v) is 32.7. The van der Waals surface area contributed by atoms with Crippen LogP contribution >= 0.6 is 24.8 Å². The summed E-state index contributed by atoms with van der Waals surface area (Å²) >= 11 is -2.29. The Morgan fingerprint density at radius 3 is 1.36 bits per heavy atom. The first kappa shape index (κ1) is 21.1. The van der Waals surface area contributed by atoms with Crippen molar-refractivity contribution in [3.8, 4) is 0 Å². The van der Waals surface area contributed by atoms with Crippen LogP contribution in [0.15, 0.2) is 0 Å². The first-order valence-electron chi connectivity index (χ1n) is 5.78. The molecule has 0 aromatic carbocycles. The van der Waals surface area contributed by atoms with Gasteiger partial charge in [-0.05, 0) is 0 Å². The van der Waals surface area contributed by atoms with Crippen molar-refractivity contribution >= 4 is 43.7 Å². The molecule has 0 aromatic heterocycles. The van der Waals surface area contributed by atoms with Gasteiger partial charge in [-0.15, -0.1) is 24.8 Å². The van der Waals surface area contributed by atoms with Gasteiger partial charge in [0.25, 0.3) is 0 Å². The Balaban J connectivity index is -0.000000403. The van der Waals surface area contributed by atoms with E-state index in [0.29, 0.717) is 0 Å². The molecule has 1 rings (SSSR count). The number of nitrogens with zero attached hydrogens (tertiary/aromatic N) is 1. The van der Waals surface area contributed by atoms with Crippen molar-refractivity contribution in [3.05, 3.63) is 0 Å². The zero-order chi connectivity index (χ0) is 8.56. The molecule has 0 spiro atoms. The van der Waals surface area contributed by atoms with Gasteiger partial charge in [0.15, 0.2) is 0 Å². The molecule has 5 heteroatoms. The molecule has 0 amide bonds. The third-order valence-electron chi connectivity index (χ3n) is 3.24. The van der Waals surface area contributed by atoms with Gasteiger partial charge in [-0.2, -0.15) is 0 Å². The molecule has 0 bridgehead atoms. The fraction of sp³-hybridized carbons (Fsp3) is 1.00. The van der Waals surface area contributed by atoms with Crippen LogP contribution in [0.5, 0.6) is 0 Å². The fourth-order valence-corrected chi connectivity index (χ4v) is 8.47. The molecule has 14 heavy (non-hydrogen) atoms. The van der Waals surface area contributed by atoms with Crippen LogP contribution in [0.1, 0.15) is 19.3 Å². The van der Waals surface area contributed by atoms with E-state index in [9.17, 15) is 0 Å². The van der Waals surface area contributed by atoms with Crippen LogP contribution < -0.4 is 0 Å². The molecule has 1 fully saturated rings. The predicted octanol–water partition coefficient (Wildman–Crippen LogP) is 3.46. The van der Waals surface area contributed by atoms with Crippen LogP contribution in [0.4, 0.5) is 0 Å². The summed E-state index contributed by atoms with van der Waals surface area (Å²) in [5.41, 5.74) is 10.2. The maximum absolute atomic E-state index is 2.82. The van der Waals surface area contributed by atoms with Gasteiger partial charge in [-0.25, -0.2) is 0 Å². The summed E-state index contributed by atoms with van der Waals surface area (Å²) in [6.45, 7) is 2.77. The van der Waals surface area contributed by atoms with E-state index in [1.807, 2.05) is 0 Å². The van der Waals surface area contributed by atoms with Crippen molar-refractivity contribution < 1.29 is 13.8 Å². The van der Waals surface area contributed by atoms with Crippen LogP contribution in [0.3, 0.4) is 0 Å². The fourth-order valence-electron chi connectivity index (χ4n) is 2.22. The van der Waals surface area contributed by atoms with Gasteiger partial charge >= 0.3 is 90.8 Å². The number of halogens is 2. The van der Waals surface area contributed by atoms with Crippen molar-refractivity contribution in [3.63, 3.8) is 0 Å². The second kappa shape index (κ2) is 7.16. The van der Waals surface area contributed by atoms with Gasteiger partial charge in [0.1, 0.15) is 0 Å². The Kier molecular flexibility index (Phi) is 10.8. The van der Waals surface area contributed by atoms with Gasteiger partial charge in [0.2, 0.25) is 0 Å². The van der Waals surface area contributed by atoms with Gasteiger partial charge in [0.05, 0.1) is 0 Å². The molecule has 0 aliphatic carbocycles. The molecule has 83 valence electrons. The van der Waals surface area contributed by atoms with Crippen molar-refractivity contribution in [2.45, 2.75) is 41.3 Å². The average Bonchev–Trinajstić information content (AvgIpc) is 1.86. The molecule has 0 aromatic rings. The predicted molar refractivity (Wildman–Crippen MR) is 70.5 cm³/mol. The Morgan fingerprint density at radius 1 is 0.786 bits per heavy atom. The third kappa shape index (κ3) is 7.10. The number of hydrogen-bond acceptors (Lipinski definition) is 1. The van der Waals surface area contributed by atoms with Gasteiger partial charge in [-0.1, -0.05) is 0 Å². The Hall–Kier alpha value is 1.76. The maximum atomic E-state index is 2.82. The SMILES string of the molecule is Cl.Cl.[CH3][Zn]([CH3])([CH3])([CH3])[N]1CCCCC1.[LiH]. The van der Waals surface area contributed by atoms with E-state index in [-0.39, 0.29) is 43.7 Å². The summed E-state index contributed by atoms with van der Waals surface area (Å²) in [6.07, 6.45) is 4.34. The van der Waals surface area contributed by atoms with E-state index in [2.05, 4.69) is 25.7 Å². The number of piperidine rings is 1. The average molecular weight is 291 g/mol. The van der Waals surface area contributed by atoms with Crippen molar-refractivity contribution in [1.82, 2.24) is 3.64 Å². The molecule has 0 N–H and O–H groups in total. The first-order valence-corrected chi connectivity index (χ1v) is 19.0. The van der Waals surface area contributed by atoms with Crippen LogP contribution in [-0.2, 0) is 13.8 Å². The molecule has 0 atom stereocenters. The molecule has 1 aliphatic heterocycles. The molecule has 0 unspecified atom stereocenters. The van der Waals surface area contributed by atoms with Crippen molar-refractivity contribution in [2.75, 3.05) is 13.1 Å². The standard InChI is InChI=1S/C5H10N.4CH3.2ClH.Li.Zn.H/c1-2-4-6-5-3-1;;;;;;;;;/h1-5H2;4*1H3;2*1H;;;/q-1;;;;;;;;+1;. The van der Waals surface area contributed by atoms with Crippen LogP contribution in [-0.4, -0.2) is 35.6 Å². The van der Waals surface area contributed by atoms with Gasteiger partial charge in [0, 0.05) is 0 Å². The molecule has 1 aliphatic rings. The Bertz CT molecular complexity index is 143. The molecule has 1 saturated heterocycles. The van der Waals surface area contributed by atoms with E-state index in [1.165, 1.54) is 32.4 Å². The zero-order valence-corrected chi connectivity index (χ0v) is 14.1. The molecular formula is C9H25Cl2LiNZn. The van der Waals surface area contributed by atoms with Crippen molar-refractivity contribution in [2.24, 2.45) is 0 Å². The van der Waals surface area contributed by atoms with E-state index in [0.717, 1.165) is 0 Å². The Labute approximate surface area is 115 Å². The van der Waals surface area contributed by atoms with E-state index in [1.54, 1.807) is 0 Å². The first-order chi connectivity index (χ1) is 4.86. The molecular weight excluding hydrogens is 265 g/mol. The quantitative estimate of drug-likeness (QED) is 0.669. The number of rotatable bonds is 1. The summed E-state index contributed by atoms with van der Waals surface area (Å²) in [7, 11) is 0. The van der Waals surface area contributed by atoms with Crippen LogP contribution in [0, 0.1) is 0 Å². The Morgan fingerprint density at radius 2 is 1.14 bits per heavy atom. The molecule has 1 nitrogen and oxygen atoms in total. The molecule has 0 saturated carbocycles. The van der Waals surface area contributed by atoms with Gasteiger partial charge in [-0.3, -0.25) is 0 Å². The summed E-state index contributed by atoms with van der Waals surface area (Å²) < 4.78 is 2.82. The topological polar surface area (TPSA) is 3.24 Å². The summed E-state index contributed by atoms with van der Waals surface area (Å²) in [4.78, 5) is 0. The summed E-state index contributed by atoms with van der Waals surface area (Å²) in [5, 5.41) is 0. The van der Waals surface area contributed by atoms with E-state index < -0.39 is 13.8 Å². The van der Waals surface area contributed by atoms with E-state index >= 15 is 0 Å². The van der Waals surface area contributed by atoms with Gasteiger partial charge < -0.3 is 0 Å². The second-order valence-electron chi connectivity index (χ2n) is 7.69. The molecule has 1 heterocycles. The monoisotopic (exact) mass is 288 g/mol. The minimum absolute atomic E-state index is 0. The summed E-state index contributed by atoms with van der Waals surface area (Å²) in [5.74, 6) is 0. The normalized spacial score (nSPS) is 18.6. The molecule has 0 radical (unpaired) electrons. The third-order valence-corrected chi connectivity index (χ3v) is 12.1. The van der Waals surface area contributed by atoms with E-state index in [4.69, 9.17) is 0 Å². The van der Waals surface area contributed by atoms with Crippen LogP contribution in [0.25, 0.3) is 0 Å². The van der Waals surface area contributed by atoms with Crippen LogP contribution in [0.2, 0.25) is 22.1 Å². The van der Waals surface area contributed by atoms with Crippen molar-refractivity contribution in [1.29, 1.82) is 0 Å².